The van der Waals surface area contributed by atoms with Crippen molar-refractivity contribution < 1.29 is 32.6 Å². The number of aliphatic hydroxyl groups is 1. The minimum atomic E-state index is -1.44. The molecule has 0 unspecified atom stereocenters. The number of benzene rings is 2. The van der Waals surface area contributed by atoms with Crippen molar-refractivity contribution in [3.05, 3.63) is 77.8 Å². The first kappa shape index (κ1) is 36.4. The van der Waals surface area contributed by atoms with Crippen LogP contribution in [0.5, 0.6) is 0 Å². The Morgan fingerprint density at radius 3 is 2.41 bits per heavy atom. The summed E-state index contributed by atoms with van der Waals surface area (Å²) in [6, 6.07) is 12.0. The summed E-state index contributed by atoms with van der Waals surface area (Å²) in [4.78, 5) is 37.0. The molecule has 2 fully saturated rings. The zero-order chi connectivity index (χ0) is 35.5. The molecular weight excluding hydrogens is 635 g/mol. The molecule has 12 heteroatoms. The van der Waals surface area contributed by atoms with Crippen LogP contribution in [0, 0.1) is 23.5 Å². The Morgan fingerprint density at radius 1 is 1.08 bits per heavy atom. The number of aliphatic hydroxyl groups excluding tert-OH is 1. The van der Waals surface area contributed by atoms with Crippen LogP contribution in [0.3, 0.4) is 0 Å². The van der Waals surface area contributed by atoms with Gasteiger partial charge in [-0.3, -0.25) is 4.79 Å². The summed E-state index contributed by atoms with van der Waals surface area (Å²) >= 11 is 0. The van der Waals surface area contributed by atoms with Crippen LogP contribution in [-0.2, 0) is 16.1 Å². The van der Waals surface area contributed by atoms with Crippen LogP contribution in [0.2, 0.25) is 0 Å². The van der Waals surface area contributed by atoms with E-state index < -0.39 is 53.5 Å². The fourth-order valence-electron chi connectivity index (χ4n) is 6.90. The zero-order valence-electron chi connectivity index (χ0n) is 29.0. The fraction of sp³-hybridized carbons (Fsp3) is 0.541. The quantitative estimate of drug-likeness (QED) is 0.279. The molecule has 0 saturated carbocycles. The maximum atomic E-state index is 15.8. The highest BCUT2D eigenvalue weighted by molar-refractivity contribution is 5.81. The number of aromatic nitrogens is 2. The average molecular weight is 684 g/mol. The molecular formula is C37H48F3N5O4. The second-order valence-corrected chi connectivity index (χ2v) is 14.3. The lowest BCUT2D eigenvalue weighted by Gasteiger charge is -2.42. The smallest absolute Gasteiger partial charge is 0.410 e. The molecule has 0 aliphatic carbocycles. The van der Waals surface area contributed by atoms with Crippen LogP contribution in [0.15, 0.2) is 54.7 Å². The van der Waals surface area contributed by atoms with Crippen molar-refractivity contribution >= 4 is 12.0 Å². The summed E-state index contributed by atoms with van der Waals surface area (Å²) in [6.45, 7) is 11.2. The van der Waals surface area contributed by atoms with Gasteiger partial charge in [-0.2, -0.15) is 0 Å². The summed E-state index contributed by atoms with van der Waals surface area (Å²) in [5.41, 5.74) is 0.341. The van der Waals surface area contributed by atoms with Crippen LogP contribution < -0.4 is 0 Å². The van der Waals surface area contributed by atoms with Crippen LogP contribution in [0.4, 0.5) is 18.0 Å². The number of hydrogen-bond donors (Lipinski definition) is 1. The highest BCUT2D eigenvalue weighted by atomic mass is 19.1. The van der Waals surface area contributed by atoms with Gasteiger partial charge in [0, 0.05) is 37.3 Å². The minimum Gasteiger partial charge on any atom is -0.444 e. The fourth-order valence-corrected chi connectivity index (χ4v) is 6.90. The minimum absolute atomic E-state index is 0.0198. The number of alkyl halides is 1. The SMILES string of the molecule is CCN1CCC([C@H](c2nc(-c3cc(F)ccc3F)cn2Cc2ccccc2)N(C[C@@H]2CN(C(=O)OC(C)(C)C)C[C@@H]2F)C(=O)[C@H](C)O)CC1. The first-order chi connectivity index (χ1) is 23.2. The van der Waals surface area contributed by atoms with E-state index in [0.717, 1.165) is 43.4 Å². The molecule has 9 nitrogen and oxygen atoms in total. The Kier molecular flexibility index (Phi) is 11.4. The van der Waals surface area contributed by atoms with E-state index in [1.165, 1.54) is 16.7 Å². The summed E-state index contributed by atoms with van der Waals surface area (Å²) in [5.74, 6) is -2.33. The molecule has 2 aromatic carbocycles. The lowest BCUT2D eigenvalue weighted by Crippen LogP contribution is -2.49. The van der Waals surface area contributed by atoms with Crippen LogP contribution in [-0.4, -0.2) is 98.5 Å². The van der Waals surface area contributed by atoms with Crippen molar-refractivity contribution in [3.63, 3.8) is 0 Å². The summed E-state index contributed by atoms with van der Waals surface area (Å²) in [5, 5.41) is 10.7. The van der Waals surface area contributed by atoms with Crippen LogP contribution in [0.1, 0.15) is 64.9 Å². The van der Waals surface area contributed by atoms with E-state index >= 15 is 8.78 Å². The zero-order valence-corrected chi connectivity index (χ0v) is 29.0. The van der Waals surface area contributed by atoms with Gasteiger partial charge in [0.2, 0.25) is 0 Å². The third-order valence-corrected chi connectivity index (χ3v) is 9.42. The number of halogens is 3. The number of ether oxygens (including phenoxy) is 1. The lowest BCUT2D eigenvalue weighted by atomic mass is 9.86. The van der Waals surface area contributed by atoms with Gasteiger partial charge in [0.25, 0.3) is 5.91 Å². The van der Waals surface area contributed by atoms with Crippen molar-refractivity contribution in [2.45, 2.75) is 77.9 Å². The van der Waals surface area contributed by atoms with Gasteiger partial charge in [-0.25, -0.2) is 22.9 Å². The second-order valence-electron chi connectivity index (χ2n) is 14.3. The van der Waals surface area contributed by atoms with Gasteiger partial charge in [0.15, 0.2) is 0 Å². The molecule has 1 aromatic heterocycles. The predicted octanol–water partition coefficient (Wildman–Crippen LogP) is 6.06. The van der Waals surface area contributed by atoms with Gasteiger partial charge in [0.1, 0.15) is 35.3 Å². The number of rotatable bonds is 10. The Labute approximate surface area is 286 Å². The van der Waals surface area contributed by atoms with E-state index in [1.54, 1.807) is 27.0 Å². The lowest BCUT2D eigenvalue weighted by molar-refractivity contribution is -0.145. The number of nitrogens with zero attached hydrogens (tertiary/aromatic N) is 5. The molecule has 0 spiro atoms. The monoisotopic (exact) mass is 683 g/mol. The number of amides is 2. The Balaban J connectivity index is 1.60. The van der Waals surface area contributed by atoms with E-state index in [-0.39, 0.29) is 36.8 Å². The molecule has 0 radical (unpaired) electrons. The number of piperidine rings is 1. The van der Waals surface area contributed by atoms with Gasteiger partial charge >= 0.3 is 6.09 Å². The van der Waals surface area contributed by atoms with E-state index in [1.807, 2.05) is 34.9 Å². The van der Waals surface area contributed by atoms with E-state index in [2.05, 4.69) is 11.8 Å². The van der Waals surface area contributed by atoms with Crippen molar-refractivity contribution in [1.29, 1.82) is 0 Å². The molecule has 4 atom stereocenters. The molecule has 1 N–H and O–H groups in total. The summed E-state index contributed by atoms with van der Waals surface area (Å²) in [6.07, 6.45) is -0.431. The Morgan fingerprint density at radius 2 is 1.78 bits per heavy atom. The largest absolute Gasteiger partial charge is 0.444 e. The number of hydrogen-bond acceptors (Lipinski definition) is 6. The van der Waals surface area contributed by atoms with Gasteiger partial charge in [-0.1, -0.05) is 37.3 Å². The van der Waals surface area contributed by atoms with Crippen molar-refractivity contribution in [1.82, 2.24) is 24.3 Å². The first-order valence-corrected chi connectivity index (χ1v) is 17.1. The van der Waals surface area contributed by atoms with Gasteiger partial charge < -0.3 is 29.1 Å². The van der Waals surface area contributed by atoms with Gasteiger partial charge in [0.05, 0.1) is 18.3 Å². The number of imidazole rings is 1. The first-order valence-electron chi connectivity index (χ1n) is 17.1. The van der Waals surface area contributed by atoms with Gasteiger partial charge in [-0.05, 0) is 89.9 Å². The molecule has 266 valence electrons. The molecule has 2 amide bonds. The highest BCUT2D eigenvalue weighted by Gasteiger charge is 2.44. The molecule has 2 saturated heterocycles. The third kappa shape index (κ3) is 8.83. The molecule has 49 heavy (non-hydrogen) atoms. The standard InChI is InChI=1S/C37H48F3N5O4/c1-6-42-16-14-26(15-17-42)33(45(35(47)24(2)46)21-27-20-44(22-31(27)40)36(48)49-37(3,4)5)34-41-32(29-18-28(38)12-13-30(29)39)23-43(34)19-25-10-8-7-9-11-25/h7-13,18,23-24,26-27,31,33,46H,6,14-17,19-22H2,1-5H3/t24-,27-,31-,33+/m0/s1. The maximum Gasteiger partial charge on any atom is 0.410 e. The number of carbonyl (C=O) groups excluding carboxylic acids is 2. The summed E-state index contributed by atoms with van der Waals surface area (Å²) < 4.78 is 52.7. The van der Waals surface area contributed by atoms with Crippen LogP contribution >= 0.6 is 0 Å². The van der Waals surface area contributed by atoms with Crippen molar-refractivity contribution in [3.8, 4) is 11.3 Å². The van der Waals surface area contributed by atoms with E-state index in [9.17, 15) is 19.1 Å². The molecule has 2 aliphatic heterocycles. The topological polar surface area (TPSA) is 91.1 Å². The normalized spacial score (nSPS) is 20.3. The van der Waals surface area contributed by atoms with E-state index in [0.29, 0.717) is 25.2 Å². The predicted molar refractivity (Wildman–Crippen MR) is 180 cm³/mol. The Hall–Kier alpha value is -3.90. The Bertz CT molecular complexity index is 1590. The average Bonchev–Trinajstić information content (AvgIpc) is 3.64. The second kappa shape index (κ2) is 15.3. The summed E-state index contributed by atoms with van der Waals surface area (Å²) in [7, 11) is 0. The highest BCUT2D eigenvalue weighted by Crippen LogP contribution is 2.39. The number of likely N-dealkylation sites (tertiary alicyclic amines) is 2. The molecule has 3 heterocycles. The molecule has 0 bridgehead atoms. The molecule has 5 rings (SSSR count). The van der Waals surface area contributed by atoms with Crippen molar-refractivity contribution in [2.24, 2.45) is 11.8 Å². The molecule has 3 aromatic rings. The van der Waals surface area contributed by atoms with Crippen LogP contribution in [0.25, 0.3) is 11.3 Å². The molecule has 2 aliphatic rings. The van der Waals surface area contributed by atoms with Gasteiger partial charge in [-0.15, -0.1) is 0 Å². The third-order valence-electron chi connectivity index (χ3n) is 9.42. The number of carbonyl (C=O) groups is 2. The van der Waals surface area contributed by atoms with Crippen molar-refractivity contribution in [2.75, 3.05) is 39.3 Å². The van der Waals surface area contributed by atoms with E-state index in [4.69, 9.17) is 9.72 Å². The maximum absolute atomic E-state index is 15.8.